The van der Waals surface area contributed by atoms with Crippen LogP contribution in [0.2, 0.25) is 5.02 Å². The maximum Gasteiger partial charge on any atom is 0.491 e. The number of hydrogen-bond donors (Lipinski definition) is 2. The van der Waals surface area contributed by atoms with E-state index in [4.69, 9.17) is 11.6 Å². The van der Waals surface area contributed by atoms with Crippen molar-refractivity contribution in [2.75, 3.05) is 0 Å². The predicted octanol–water partition coefficient (Wildman–Crippen LogP) is 2.00. The van der Waals surface area contributed by atoms with Crippen LogP contribution in [0, 0.1) is 0 Å². The fourth-order valence-electron chi connectivity index (χ4n) is 1.31. The highest BCUT2D eigenvalue weighted by Gasteiger charge is 2.20. The molecule has 0 radical (unpaired) electrons. The third-order valence-electron chi connectivity index (χ3n) is 1.94. The molecule has 0 fully saturated rings. The molecule has 0 spiro atoms. The van der Waals surface area contributed by atoms with Crippen molar-refractivity contribution >= 4 is 61.5 Å². The largest absolute Gasteiger partial charge is 0.491 e. The summed E-state index contributed by atoms with van der Waals surface area (Å²) in [5, 5.41) is 21.6. The van der Waals surface area contributed by atoms with E-state index in [9.17, 15) is 10.0 Å². The highest BCUT2D eigenvalue weighted by molar-refractivity contribution is 9.10. The molecule has 0 atom stereocenters. The van der Waals surface area contributed by atoms with Gasteiger partial charge in [0.05, 0.1) is 0 Å². The van der Waals surface area contributed by atoms with Crippen LogP contribution in [0.15, 0.2) is 22.0 Å². The van der Waals surface area contributed by atoms with Crippen molar-refractivity contribution in [1.82, 2.24) is 0 Å². The molecule has 0 bridgehead atoms. The minimum Gasteiger partial charge on any atom is -0.423 e. The van der Waals surface area contributed by atoms with Crippen LogP contribution in [-0.4, -0.2) is 17.2 Å². The van der Waals surface area contributed by atoms with Gasteiger partial charge in [-0.25, -0.2) is 0 Å². The van der Waals surface area contributed by atoms with Crippen LogP contribution in [-0.2, 0) is 0 Å². The first-order valence-corrected chi connectivity index (χ1v) is 5.87. The van der Waals surface area contributed by atoms with Gasteiger partial charge < -0.3 is 10.0 Å². The van der Waals surface area contributed by atoms with Crippen molar-refractivity contribution in [1.29, 1.82) is 0 Å². The lowest BCUT2D eigenvalue weighted by molar-refractivity contribution is 0.426. The molecule has 0 aliphatic carbocycles. The fraction of sp³-hybridized carbons (Fsp3) is 0. The zero-order chi connectivity index (χ0) is 10.3. The Kier molecular flexibility index (Phi) is 2.86. The molecular formula is C8H5BBrClO2S. The molecule has 1 aromatic carbocycles. The summed E-state index contributed by atoms with van der Waals surface area (Å²) >= 11 is 10.7. The number of halogens is 2. The molecule has 1 heterocycles. The second-order valence-corrected chi connectivity index (χ2v) is 4.94. The summed E-state index contributed by atoms with van der Waals surface area (Å²) in [5.41, 5.74) is 0.375. The Balaban J connectivity index is 2.83. The molecule has 2 nitrogen and oxygen atoms in total. The van der Waals surface area contributed by atoms with E-state index in [-0.39, 0.29) is 0 Å². The van der Waals surface area contributed by atoms with Crippen LogP contribution < -0.4 is 5.46 Å². The van der Waals surface area contributed by atoms with Crippen molar-refractivity contribution < 1.29 is 10.0 Å². The zero-order valence-electron chi connectivity index (χ0n) is 6.87. The Morgan fingerprint density at radius 3 is 2.71 bits per heavy atom. The summed E-state index contributed by atoms with van der Waals surface area (Å²) < 4.78 is 1.75. The monoisotopic (exact) mass is 290 g/mol. The molecule has 14 heavy (non-hydrogen) atoms. The molecule has 1 aromatic heterocycles. The van der Waals surface area contributed by atoms with Gasteiger partial charge >= 0.3 is 7.12 Å². The molecule has 2 aromatic rings. The number of benzene rings is 1. The number of rotatable bonds is 1. The van der Waals surface area contributed by atoms with E-state index in [2.05, 4.69) is 15.9 Å². The lowest BCUT2D eigenvalue weighted by atomic mass is 9.80. The van der Waals surface area contributed by atoms with E-state index < -0.39 is 7.12 Å². The van der Waals surface area contributed by atoms with Gasteiger partial charge in [0.15, 0.2) is 0 Å². The van der Waals surface area contributed by atoms with Crippen LogP contribution in [0.25, 0.3) is 10.1 Å². The molecule has 0 aliphatic rings. The van der Waals surface area contributed by atoms with Crippen LogP contribution in [0.3, 0.4) is 0 Å². The predicted molar refractivity (Wildman–Crippen MR) is 64.4 cm³/mol. The highest BCUT2D eigenvalue weighted by atomic mass is 79.9. The Morgan fingerprint density at radius 1 is 1.36 bits per heavy atom. The smallest absolute Gasteiger partial charge is 0.423 e. The first kappa shape index (κ1) is 10.5. The quantitative estimate of drug-likeness (QED) is 0.789. The normalized spacial score (nSPS) is 10.9. The van der Waals surface area contributed by atoms with Crippen molar-refractivity contribution in [3.63, 3.8) is 0 Å². The van der Waals surface area contributed by atoms with Gasteiger partial charge in [0.25, 0.3) is 0 Å². The van der Waals surface area contributed by atoms with Crippen molar-refractivity contribution in [3.05, 3.63) is 27.0 Å². The molecular weight excluding hydrogens is 286 g/mol. The van der Waals surface area contributed by atoms with Gasteiger partial charge in [0, 0.05) is 30.4 Å². The standard InChI is InChI=1S/C8H5BBrClO2S/c10-5-3-14-8-4(5)1-2-6(11)7(8)9(12)13/h1-3,12-13H. The Labute approximate surface area is 98.4 Å². The first-order valence-electron chi connectivity index (χ1n) is 3.82. The van der Waals surface area contributed by atoms with Crippen LogP contribution in [0.5, 0.6) is 0 Å². The molecule has 0 saturated carbocycles. The maximum absolute atomic E-state index is 9.17. The summed E-state index contributed by atoms with van der Waals surface area (Å²) in [5.74, 6) is 0. The summed E-state index contributed by atoms with van der Waals surface area (Å²) in [7, 11) is -1.53. The van der Waals surface area contributed by atoms with E-state index in [1.807, 2.05) is 11.4 Å². The second-order valence-electron chi connectivity index (χ2n) is 2.80. The number of fused-ring (bicyclic) bond motifs is 1. The average molecular weight is 291 g/mol. The molecule has 0 aliphatic heterocycles. The van der Waals surface area contributed by atoms with E-state index in [0.29, 0.717) is 10.5 Å². The number of hydrogen-bond acceptors (Lipinski definition) is 3. The first-order chi connectivity index (χ1) is 6.61. The van der Waals surface area contributed by atoms with Crippen LogP contribution in [0.4, 0.5) is 0 Å². The molecule has 0 unspecified atom stereocenters. The zero-order valence-corrected chi connectivity index (χ0v) is 10.0. The summed E-state index contributed by atoms with van der Waals surface area (Å²) in [4.78, 5) is 0. The van der Waals surface area contributed by atoms with Gasteiger partial charge in [0.2, 0.25) is 0 Å². The van der Waals surface area contributed by atoms with E-state index >= 15 is 0 Å². The SMILES string of the molecule is OB(O)c1c(Cl)ccc2c(Br)csc12. The minimum absolute atomic E-state index is 0.375. The van der Waals surface area contributed by atoms with Crippen molar-refractivity contribution in [2.24, 2.45) is 0 Å². The Hall–Kier alpha value is -0.0651. The second kappa shape index (κ2) is 3.83. The lowest BCUT2D eigenvalue weighted by Gasteiger charge is -2.03. The lowest BCUT2D eigenvalue weighted by Crippen LogP contribution is -2.31. The molecule has 2 N–H and O–H groups in total. The summed E-state index contributed by atoms with van der Waals surface area (Å²) in [6, 6.07) is 3.51. The van der Waals surface area contributed by atoms with Gasteiger partial charge in [-0.1, -0.05) is 17.7 Å². The van der Waals surface area contributed by atoms with Gasteiger partial charge in [-0.15, -0.1) is 11.3 Å². The maximum atomic E-state index is 9.17. The van der Waals surface area contributed by atoms with E-state index in [0.717, 1.165) is 14.6 Å². The van der Waals surface area contributed by atoms with Gasteiger partial charge in [-0.05, 0) is 22.0 Å². The molecule has 72 valence electrons. The van der Waals surface area contributed by atoms with E-state index in [1.54, 1.807) is 6.07 Å². The molecule has 0 saturated heterocycles. The minimum atomic E-state index is -1.53. The van der Waals surface area contributed by atoms with Gasteiger partial charge in [-0.3, -0.25) is 0 Å². The van der Waals surface area contributed by atoms with Gasteiger partial charge in [0.1, 0.15) is 0 Å². The summed E-state index contributed by atoms with van der Waals surface area (Å²) in [6.45, 7) is 0. The molecule has 2 rings (SSSR count). The molecule has 0 amide bonds. The van der Waals surface area contributed by atoms with Crippen molar-refractivity contribution in [3.8, 4) is 0 Å². The third kappa shape index (κ3) is 1.59. The third-order valence-corrected chi connectivity index (χ3v) is 4.26. The van der Waals surface area contributed by atoms with Crippen LogP contribution >= 0.6 is 38.9 Å². The Morgan fingerprint density at radius 2 is 2.07 bits per heavy atom. The topological polar surface area (TPSA) is 40.5 Å². The van der Waals surface area contributed by atoms with E-state index in [1.165, 1.54) is 11.3 Å². The molecule has 6 heteroatoms. The number of thiophene rings is 1. The fourth-order valence-corrected chi connectivity index (χ4v) is 3.35. The van der Waals surface area contributed by atoms with Crippen LogP contribution in [0.1, 0.15) is 0 Å². The Bertz CT molecular complexity index is 485. The summed E-state index contributed by atoms with van der Waals surface area (Å²) in [6.07, 6.45) is 0. The van der Waals surface area contributed by atoms with Crippen molar-refractivity contribution in [2.45, 2.75) is 0 Å². The average Bonchev–Trinajstić information content (AvgIpc) is 2.47. The highest BCUT2D eigenvalue weighted by Crippen LogP contribution is 2.30. The van der Waals surface area contributed by atoms with Gasteiger partial charge in [-0.2, -0.15) is 0 Å².